The SMILES string of the molecule is CN(C)c1cc(CNC(=O)NCC(c2cccs2)N2CCCC2)ccn1. The van der Waals surface area contributed by atoms with Crippen LogP contribution in [0.4, 0.5) is 10.6 Å². The minimum absolute atomic E-state index is 0.131. The van der Waals surface area contributed by atoms with Crippen molar-refractivity contribution in [2.45, 2.75) is 25.4 Å². The molecule has 1 aliphatic heterocycles. The van der Waals surface area contributed by atoms with Gasteiger partial charge in [-0.25, -0.2) is 9.78 Å². The van der Waals surface area contributed by atoms with E-state index in [4.69, 9.17) is 0 Å². The summed E-state index contributed by atoms with van der Waals surface area (Å²) in [6.07, 6.45) is 4.25. The van der Waals surface area contributed by atoms with E-state index in [2.05, 4.69) is 38.0 Å². The van der Waals surface area contributed by atoms with Crippen molar-refractivity contribution in [3.05, 3.63) is 46.3 Å². The highest BCUT2D eigenvalue weighted by Gasteiger charge is 2.24. The molecule has 2 amide bonds. The second-order valence-corrected chi connectivity index (χ2v) is 7.73. The molecule has 0 saturated carbocycles. The lowest BCUT2D eigenvalue weighted by atomic mass is 10.2. The summed E-state index contributed by atoms with van der Waals surface area (Å²) in [5.74, 6) is 0.886. The van der Waals surface area contributed by atoms with Crippen LogP contribution in [0.25, 0.3) is 0 Å². The number of amides is 2. The van der Waals surface area contributed by atoms with Crippen molar-refractivity contribution in [3.8, 4) is 0 Å². The largest absolute Gasteiger partial charge is 0.363 e. The highest BCUT2D eigenvalue weighted by molar-refractivity contribution is 7.10. The van der Waals surface area contributed by atoms with Gasteiger partial charge in [-0.15, -0.1) is 11.3 Å². The Morgan fingerprint density at radius 1 is 1.31 bits per heavy atom. The van der Waals surface area contributed by atoms with E-state index in [1.165, 1.54) is 17.7 Å². The van der Waals surface area contributed by atoms with Crippen molar-refractivity contribution in [1.82, 2.24) is 20.5 Å². The highest BCUT2D eigenvalue weighted by Crippen LogP contribution is 2.27. The average molecular weight is 374 g/mol. The molecule has 7 heteroatoms. The zero-order valence-corrected chi connectivity index (χ0v) is 16.3. The van der Waals surface area contributed by atoms with Crippen molar-refractivity contribution < 1.29 is 4.79 Å². The second kappa shape index (κ2) is 9.00. The first-order valence-electron chi connectivity index (χ1n) is 9.05. The third-order valence-electron chi connectivity index (χ3n) is 4.63. The fourth-order valence-electron chi connectivity index (χ4n) is 3.19. The third-order valence-corrected chi connectivity index (χ3v) is 5.60. The third kappa shape index (κ3) is 4.95. The first-order chi connectivity index (χ1) is 12.6. The first kappa shape index (κ1) is 18.7. The van der Waals surface area contributed by atoms with Crippen molar-refractivity contribution in [1.29, 1.82) is 0 Å². The molecule has 0 radical (unpaired) electrons. The average Bonchev–Trinajstić information content (AvgIpc) is 3.35. The van der Waals surface area contributed by atoms with Gasteiger partial charge < -0.3 is 15.5 Å². The molecule has 140 valence electrons. The maximum atomic E-state index is 12.3. The summed E-state index contributed by atoms with van der Waals surface area (Å²) in [7, 11) is 3.91. The van der Waals surface area contributed by atoms with Crippen molar-refractivity contribution in [3.63, 3.8) is 0 Å². The topological polar surface area (TPSA) is 60.5 Å². The van der Waals surface area contributed by atoms with Crippen LogP contribution < -0.4 is 15.5 Å². The van der Waals surface area contributed by atoms with E-state index < -0.39 is 0 Å². The van der Waals surface area contributed by atoms with Gasteiger partial charge in [-0.1, -0.05) is 6.07 Å². The molecule has 1 fully saturated rings. The summed E-state index contributed by atoms with van der Waals surface area (Å²) in [5.41, 5.74) is 1.04. The number of hydrogen-bond acceptors (Lipinski definition) is 5. The Labute approximate surface area is 159 Å². The van der Waals surface area contributed by atoms with E-state index in [-0.39, 0.29) is 12.1 Å². The molecular formula is C19H27N5OS. The molecule has 1 saturated heterocycles. The Hall–Kier alpha value is -2.12. The Bertz CT molecular complexity index is 698. The minimum atomic E-state index is -0.131. The smallest absolute Gasteiger partial charge is 0.315 e. The molecule has 0 bridgehead atoms. The summed E-state index contributed by atoms with van der Waals surface area (Å²) in [4.78, 5) is 22.3. The van der Waals surface area contributed by atoms with Crippen LogP contribution in [-0.4, -0.2) is 49.6 Å². The molecule has 1 aliphatic rings. The van der Waals surface area contributed by atoms with Crippen molar-refractivity contribution >= 4 is 23.2 Å². The summed E-state index contributed by atoms with van der Waals surface area (Å²) >= 11 is 1.76. The van der Waals surface area contributed by atoms with E-state index in [1.54, 1.807) is 17.5 Å². The van der Waals surface area contributed by atoms with Gasteiger partial charge in [-0.05, 0) is 55.1 Å². The standard InChI is InChI=1S/C19H27N5OS/c1-23(2)18-12-15(7-8-20-18)13-21-19(25)22-14-16(17-6-5-11-26-17)24-9-3-4-10-24/h5-8,11-12,16H,3-4,9-10,13-14H2,1-2H3,(H2,21,22,25). The molecule has 6 nitrogen and oxygen atoms in total. The lowest BCUT2D eigenvalue weighted by Crippen LogP contribution is -2.41. The number of likely N-dealkylation sites (tertiary alicyclic amines) is 1. The van der Waals surface area contributed by atoms with Crippen LogP contribution in [0.5, 0.6) is 0 Å². The van der Waals surface area contributed by atoms with Gasteiger partial charge in [0.15, 0.2) is 0 Å². The highest BCUT2D eigenvalue weighted by atomic mass is 32.1. The number of thiophene rings is 1. The van der Waals surface area contributed by atoms with Crippen LogP contribution in [0.15, 0.2) is 35.8 Å². The van der Waals surface area contributed by atoms with Crippen LogP contribution in [0.3, 0.4) is 0 Å². The quantitative estimate of drug-likeness (QED) is 0.783. The maximum absolute atomic E-state index is 12.3. The molecule has 0 spiro atoms. The van der Waals surface area contributed by atoms with E-state index in [0.717, 1.165) is 24.5 Å². The number of rotatable bonds is 7. The van der Waals surface area contributed by atoms with Crippen LogP contribution in [0.2, 0.25) is 0 Å². The number of carbonyl (C=O) groups excluding carboxylic acids is 1. The Morgan fingerprint density at radius 2 is 2.12 bits per heavy atom. The molecule has 3 heterocycles. The molecule has 1 unspecified atom stereocenters. The van der Waals surface area contributed by atoms with Gasteiger partial charge in [-0.3, -0.25) is 4.90 Å². The van der Waals surface area contributed by atoms with Crippen LogP contribution in [0, 0.1) is 0 Å². The Morgan fingerprint density at radius 3 is 2.81 bits per heavy atom. The zero-order valence-electron chi connectivity index (χ0n) is 15.4. The van der Waals surface area contributed by atoms with Crippen LogP contribution in [0.1, 0.15) is 29.3 Å². The predicted octanol–water partition coefficient (Wildman–Crippen LogP) is 2.85. The second-order valence-electron chi connectivity index (χ2n) is 6.75. The first-order valence-corrected chi connectivity index (χ1v) is 9.93. The molecule has 0 aliphatic carbocycles. The lowest BCUT2D eigenvalue weighted by molar-refractivity contribution is 0.222. The molecular weight excluding hydrogens is 346 g/mol. The summed E-state index contributed by atoms with van der Waals surface area (Å²) in [6.45, 7) is 3.33. The number of pyridine rings is 1. The predicted molar refractivity (Wildman–Crippen MR) is 107 cm³/mol. The Kier molecular flexibility index (Phi) is 6.46. The molecule has 2 aromatic rings. The van der Waals surface area contributed by atoms with Gasteiger partial charge >= 0.3 is 6.03 Å². The number of carbonyl (C=O) groups is 1. The molecule has 0 aromatic carbocycles. The minimum Gasteiger partial charge on any atom is -0.363 e. The Balaban J connectivity index is 1.51. The van der Waals surface area contributed by atoms with Gasteiger partial charge in [0.2, 0.25) is 0 Å². The fraction of sp³-hybridized carbons (Fsp3) is 0.474. The van der Waals surface area contributed by atoms with Crippen molar-refractivity contribution in [2.75, 3.05) is 38.6 Å². The molecule has 26 heavy (non-hydrogen) atoms. The molecule has 2 N–H and O–H groups in total. The van der Waals surface area contributed by atoms with E-state index in [0.29, 0.717) is 13.1 Å². The number of anilines is 1. The summed E-state index contributed by atoms with van der Waals surface area (Å²) in [6, 6.07) is 8.28. The van der Waals surface area contributed by atoms with Gasteiger partial charge in [0, 0.05) is 38.3 Å². The van der Waals surface area contributed by atoms with Crippen LogP contribution in [-0.2, 0) is 6.54 Å². The number of nitrogens with zero attached hydrogens (tertiary/aromatic N) is 3. The van der Waals surface area contributed by atoms with E-state index in [1.807, 2.05) is 31.1 Å². The van der Waals surface area contributed by atoms with E-state index in [9.17, 15) is 4.79 Å². The maximum Gasteiger partial charge on any atom is 0.315 e. The lowest BCUT2D eigenvalue weighted by Gasteiger charge is -2.27. The zero-order chi connectivity index (χ0) is 18.4. The van der Waals surface area contributed by atoms with Crippen LogP contribution >= 0.6 is 11.3 Å². The van der Waals surface area contributed by atoms with Gasteiger partial charge in [-0.2, -0.15) is 0 Å². The van der Waals surface area contributed by atoms with E-state index >= 15 is 0 Å². The molecule has 1 atom stereocenters. The molecule has 3 rings (SSSR count). The number of urea groups is 1. The number of nitrogens with one attached hydrogen (secondary N) is 2. The van der Waals surface area contributed by atoms with Gasteiger partial charge in [0.05, 0.1) is 6.04 Å². The fourth-order valence-corrected chi connectivity index (χ4v) is 4.05. The summed E-state index contributed by atoms with van der Waals surface area (Å²) in [5, 5.41) is 8.09. The molecule has 2 aromatic heterocycles. The number of aromatic nitrogens is 1. The normalized spacial score (nSPS) is 15.6. The number of hydrogen-bond donors (Lipinski definition) is 2. The monoisotopic (exact) mass is 373 g/mol. The van der Waals surface area contributed by atoms with Gasteiger partial charge in [0.1, 0.15) is 5.82 Å². The van der Waals surface area contributed by atoms with Crippen molar-refractivity contribution in [2.24, 2.45) is 0 Å². The van der Waals surface area contributed by atoms with Gasteiger partial charge in [0.25, 0.3) is 0 Å². The summed E-state index contributed by atoms with van der Waals surface area (Å²) < 4.78 is 0.